The molecule has 1 aliphatic heterocycles. The van der Waals surface area contributed by atoms with Gasteiger partial charge in [0.05, 0.1) is 17.0 Å². The van der Waals surface area contributed by atoms with E-state index < -0.39 is 17.8 Å². The molecule has 0 bridgehead atoms. The van der Waals surface area contributed by atoms with E-state index in [0.29, 0.717) is 35.6 Å². The average Bonchev–Trinajstić information content (AvgIpc) is 2.75. The second-order valence-electron chi connectivity index (χ2n) is 7.57. The number of anilines is 2. The summed E-state index contributed by atoms with van der Waals surface area (Å²) in [6.45, 7) is 2.29. The monoisotopic (exact) mass is 448 g/mol. The van der Waals surface area contributed by atoms with E-state index >= 15 is 0 Å². The molecule has 4 rings (SSSR count). The van der Waals surface area contributed by atoms with Crippen LogP contribution >= 0.6 is 11.6 Å². The molecule has 0 spiro atoms. The highest BCUT2D eigenvalue weighted by molar-refractivity contribution is 6.31. The van der Waals surface area contributed by atoms with Crippen molar-refractivity contribution in [3.05, 3.63) is 58.7 Å². The number of amides is 1. The van der Waals surface area contributed by atoms with Gasteiger partial charge in [-0.2, -0.15) is 13.2 Å². The van der Waals surface area contributed by atoms with Gasteiger partial charge in [0.25, 0.3) is 0 Å². The Morgan fingerprint density at radius 3 is 2.55 bits per heavy atom. The maximum atomic E-state index is 13.7. The lowest BCUT2D eigenvalue weighted by molar-refractivity contribution is -0.140. The molecule has 1 amide bonds. The average molecular weight is 449 g/mol. The van der Waals surface area contributed by atoms with Crippen molar-refractivity contribution in [3.63, 3.8) is 0 Å². The number of fused-ring (bicyclic) bond motifs is 1. The van der Waals surface area contributed by atoms with Crippen LogP contribution in [0, 0.1) is 12.8 Å². The van der Waals surface area contributed by atoms with Crippen LogP contribution < -0.4 is 10.2 Å². The Morgan fingerprint density at radius 2 is 1.84 bits per heavy atom. The molecule has 1 fully saturated rings. The summed E-state index contributed by atoms with van der Waals surface area (Å²) in [7, 11) is 0. The summed E-state index contributed by atoms with van der Waals surface area (Å²) in [6.07, 6.45) is -3.51. The quantitative estimate of drug-likeness (QED) is 0.577. The number of rotatable bonds is 3. The molecule has 0 unspecified atom stereocenters. The highest BCUT2D eigenvalue weighted by Crippen LogP contribution is 2.37. The maximum Gasteiger partial charge on any atom is 0.437 e. The fourth-order valence-electron chi connectivity index (χ4n) is 3.76. The minimum atomic E-state index is -4.65. The Hall–Kier alpha value is -2.87. The zero-order chi connectivity index (χ0) is 22.2. The first-order chi connectivity index (χ1) is 14.7. The van der Waals surface area contributed by atoms with Crippen LogP contribution in [0.1, 0.15) is 24.1 Å². The molecule has 1 atom stereocenters. The maximum absolute atomic E-state index is 13.7. The van der Waals surface area contributed by atoms with Gasteiger partial charge in [-0.05, 0) is 49.6 Å². The van der Waals surface area contributed by atoms with Crippen molar-refractivity contribution in [1.82, 2.24) is 9.97 Å². The van der Waals surface area contributed by atoms with Gasteiger partial charge in [0.15, 0.2) is 11.5 Å². The lowest BCUT2D eigenvalue weighted by Crippen LogP contribution is -2.42. The number of nitrogens with zero attached hydrogens (tertiary/aromatic N) is 3. The predicted octanol–water partition coefficient (Wildman–Crippen LogP) is 5.47. The smallest absolute Gasteiger partial charge is 0.354 e. The fourth-order valence-corrected chi connectivity index (χ4v) is 3.94. The number of hydrogen-bond acceptors (Lipinski definition) is 4. The molecule has 1 saturated heterocycles. The van der Waals surface area contributed by atoms with Gasteiger partial charge >= 0.3 is 6.18 Å². The van der Waals surface area contributed by atoms with Crippen molar-refractivity contribution < 1.29 is 18.0 Å². The van der Waals surface area contributed by atoms with E-state index in [1.807, 2.05) is 0 Å². The summed E-state index contributed by atoms with van der Waals surface area (Å²) in [6, 6.07) is 11.7. The van der Waals surface area contributed by atoms with Gasteiger partial charge in [0, 0.05) is 23.8 Å². The van der Waals surface area contributed by atoms with Gasteiger partial charge in [0.2, 0.25) is 5.91 Å². The Morgan fingerprint density at radius 1 is 1.13 bits per heavy atom. The van der Waals surface area contributed by atoms with E-state index in [2.05, 4.69) is 15.3 Å². The molecule has 0 radical (unpaired) electrons. The van der Waals surface area contributed by atoms with Crippen LogP contribution in [-0.2, 0) is 11.0 Å². The first-order valence-electron chi connectivity index (χ1n) is 9.89. The first-order valence-corrected chi connectivity index (χ1v) is 10.3. The molecule has 3 aromatic rings. The topological polar surface area (TPSA) is 58.1 Å². The van der Waals surface area contributed by atoms with Crippen molar-refractivity contribution in [2.45, 2.75) is 25.9 Å². The number of carbonyl (C=O) groups is 1. The van der Waals surface area contributed by atoms with Gasteiger partial charge < -0.3 is 10.2 Å². The first kappa shape index (κ1) is 21.4. The van der Waals surface area contributed by atoms with E-state index in [4.69, 9.17) is 11.6 Å². The lowest BCUT2D eigenvalue weighted by Gasteiger charge is -2.34. The minimum Gasteiger partial charge on any atom is -0.354 e. The molecular formula is C22H20ClF3N4O. The number of hydrogen-bond donors (Lipinski definition) is 1. The summed E-state index contributed by atoms with van der Waals surface area (Å²) >= 11 is 6.11. The molecule has 0 saturated carbocycles. The van der Waals surface area contributed by atoms with Crippen LogP contribution in [0.15, 0.2) is 42.5 Å². The lowest BCUT2D eigenvalue weighted by atomic mass is 9.96. The van der Waals surface area contributed by atoms with Crippen molar-refractivity contribution in [2.75, 3.05) is 23.3 Å². The van der Waals surface area contributed by atoms with Gasteiger partial charge in [-0.1, -0.05) is 29.8 Å². The standard InChI is InChI=1S/C22H20ClF3N4O/c1-13-15(23)7-4-10-16(13)29-21(31)14-6-5-11-30(12-14)20-19(22(24,25)26)27-17-8-2-3-9-18(17)28-20/h2-4,7-10,14H,5-6,11-12H2,1H3,(H,29,31)/t14-/m1/s1. The van der Waals surface area contributed by atoms with E-state index in [1.165, 1.54) is 11.0 Å². The van der Waals surface area contributed by atoms with Crippen LogP contribution in [0.25, 0.3) is 11.0 Å². The Labute approximate surface area is 182 Å². The molecule has 1 N–H and O–H groups in total. The number of carbonyl (C=O) groups excluding carboxylic acids is 1. The molecule has 5 nitrogen and oxygen atoms in total. The van der Waals surface area contributed by atoms with Crippen LogP contribution in [0.5, 0.6) is 0 Å². The molecule has 1 aliphatic rings. The van der Waals surface area contributed by atoms with Crippen molar-refractivity contribution >= 4 is 40.0 Å². The fraction of sp³-hybridized carbons (Fsp3) is 0.318. The van der Waals surface area contributed by atoms with Gasteiger partial charge in [-0.15, -0.1) is 0 Å². The Balaban J connectivity index is 1.62. The number of aromatic nitrogens is 2. The SMILES string of the molecule is Cc1c(Cl)cccc1NC(=O)[C@@H]1CCCN(c2nc3ccccc3nc2C(F)(F)F)C1. The second-order valence-corrected chi connectivity index (χ2v) is 7.98. The molecule has 0 aliphatic carbocycles. The zero-order valence-electron chi connectivity index (χ0n) is 16.7. The molecule has 2 heterocycles. The predicted molar refractivity (Wildman–Crippen MR) is 114 cm³/mol. The largest absolute Gasteiger partial charge is 0.437 e. The van der Waals surface area contributed by atoms with Gasteiger partial charge in [-0.3, -0.25) is 4.79 Å². The summed E-state index contributed by atoms with van der Waals surface area (Å²) < 4.78 is 41.2. The molecular weight excluding hydrogens is 429 g/mol. The summed E-state index contributed by atoms with van der Waals surface area (Å²) in [4.78, 5) is 22.5. The van der Waals surface area contributed by atoms with E-state index in [1.54, 1.807) is 43.3 Å². The highest BCUT2D eigenvalue weighted by atomic mass is 35.5. The number of piperidine rings is 1. The van der Waals surface area contributed by atoms with E-state index in [9.17, 15) is 18.0 Å². The number of benzene rings is 2. The highest BCUT2D eigenvalue weighted by Gasteiger charge is 2.40. The summed E-state index contributed by atoms with van der Waals surface area (Å²) in [5, 5.41) is 3.39. The number of alkyl halides is 3. The third-order valence-corrected chi connectivity index (χ3v) is 5.85. The Bertz CT molecular complexity index is 1140. The van der Waals surface area contributed by atoms with Crippen molar-refractivity contribution in [2.24, 2.45) is 5.92 Å². The Kier molecular flexibility index (Phi) is 5.75. The van der Waals surface area contributed by atoms with E-state index in [0.717, 1.165) is 5.56 Å². The number of para-hydroxylation sites is 2. The number of nitrogens with one attached hydrogen (secondary N) is 1. The molecule has 1 aromatic heterocycles. The number of halogens is 4. The van der Waals surface area contributed by atoms with Crippen LogP contribution in [-0.4, -0.2) is 29.0 Å². The van der Waals surface area contributed by atoms with Crippen LogP contribution in [0.4, 0.5) is 24.7 Å². The van der Waals surface area contributed by atoms with Gasteiger partial charge in [0.1, 0.15) is 0 Å². The third kappa shape index (κ3) is 4.44. The zero-order valence-corrected chi connectivity index (χ0v) is 17.5. The molecule has 2 aromatic carbocycles. The van der Waals surface area contributed by atoms with Crippen molar-refractivity contribution in [1.29, 1.82) is 0 Å². The third-order valence-electron chi connectivity index (χ3n) is 5.44. The van der Waals surface area contributed by atoms with Gasteiger partial charge in [-0.25, -0.2) is 9.97 Å². The normalized spacial score (nSPS) is 17.1. The molecule has 162 valence electrons. The van der Waals surface area contributed by atoms with E-state index in [-0.39, 0.29) is 23.8 Å². The second kappa shape index (κ2) is 8.34. The van der Waals surface area contributed by atoms with Crippen LogP contribution in [0.2, 0.25) is 5.02 Å². The minimum absolute atomic E-state index is 0.127. The summed E-state index contributed by atoms with van der Waals surface area (Å²) in [5.74, 6) is -0.971. The summed E-state index contributed by atoms with van der Waals surface area (Å²) in [5.41, 5.74) is 0.868. The molecule has 9 heteroatoms. The van der Waals surface area contributed by atoms with Crippen molar-refractivity contribution in [3.8, 4) is 0 Å². The molecule has 31 heavy (non-hydrogen) atoms. The van der Waals surface area contributed by atoms with Crippen LogP contribution in [0.3, 0.4) is 0 Å².